The molecule has 2 bridgehead atoms. The number of halogens is 3. The molecule has 2 saturated heterocycles. The van der Waals surface area contributed by atoms with Crippen molar-refractivity contribution in [3.63, 3.8) is 0 Å². The molecule has 0 spiro atoms. The largest absolute Gasteiger partial charge is 0.449 e. The number of H-pyrrole nitrogens is 2. The zero-order chi connectivity index (χ0) is 24.3. The van der Waals surface area contributed by atoms with Gasteiger partial charge in [0.1, 0.15) is 5.52 Å². The standard InChI is InChI=1S/C24H21F3N6O2/c25-24(26,27)23-31-18-7-3-4-15(19(18)32-23)22(35)33-13-8-9-14(33)11-12(10-13)28-21(34)20-29-16-5-1-2-6-17(16)30-20/h1-7,12-14H,8-11H2,(H,28,34)(H,29,30)(H,31,32)/t13-,14-/m1/s1. The van der Waals surface area contributed by atoms with Crippen LogP contribution >= 0.6 is 0 Å². The molecule has 0 radical (unpaired) electrons. The fourth-order valence-electron chi connectivity index (χ4n) is 5.42. The molecule has 4 aromatic rings. The van der Waals surface area contributed by atoms with Crippen molar-refractivity contribution in [3.05, 3.63) is 59.7 Å². The van der Waals surface area contributed by atoms with Crippen LogP contribution in [-0.4, -0.2) is 54.8 Å². The number of benzene rings is 2. The molecule has 2 atom stereocenters. The highest BCUT2D eigenvalue weighted by Gasteiger charge is 2.44. The normalized spacial score (nSPS) is 22.1. The fraction of sp³-hybridized carbons (Fsp3) is 0.333. The zero-order valence-electron chi connectivity index (χ0n) is 18.4. The van der Waals surface area contributed by atoms with Crippen LogP contribution in [-0.2, 0) is 6.18 Å². The second kappa shape index (κ2) is 7.82. The maximum atomic E-state index is 13.5. The van der Waals surface area contributed by atoms with Crippen LogP contribution in [0.2, 0.25) is 0 Å². The summed E-state index contributed by atoms with van der Waals surface area (Å²) in [5.74, 6) is -1.51. The molecule has 4 heterocycles. The highest BCUT2D eigenvalue weighted by molar-refractivity contribution is 6.05. The van der Waals surface area contributed by atoms with Gasteiger partial charge < -0.3 is 20.2 Å². The lowest BCUT2D eigenvalue weighted by Gasteiger charge is -2.39. The van der Waals surface area contributed by atoms with Gasteiger partial charge in [-0.05, 0) is 49.9 Å². The molecule has 6 rings (SSSR count). The lowest BCUT2D eigenvalue weighted by molar-refractivity contribution is -0.144. The summed E-state index contributed by atoms with van der Waals surface area (Å²) in [6, 6.07) is 11.6. The van der Waals surface area contributed by atoms with Crippen LogP contribution in [0.25, 0.3) is 22.1 Å². The quantitative estimate of drug-likeness (QED) is 0.410. The third-order valence-electron chi connectivity index (χ3n) is 6.92. The number of aromatic nitrogens is 4. The summed E-state index contributed by atoms with van der Waals surface area (Å²) in [4.78, 5) is 41.3. The number of piperidine rings is 1. The molecule has 11 heteroatoms. The van der Waals surface area contributed by atoms with Crippen LogP contribution in [0, 0.1) is 0 Å². The van der Waals surface area contributed by atoms with Crippen LogP contribution in [0.15, 0.2) is 42.5 Å². The van der Waals surface area contributed by atoms with Crippen LogP contribution in [0.1, 0.15) is 52.5 Å². The number of aromatic amines is 2. The molecule has 2 aromatic heterocycles. The van der Waals surface area contributed by atoms with E-state index in [9.17, 15) is 22.8 Å². The maximum Gasteiger partial charge on any atom is 0.449 e. The van der Waals surface area contributed by atoms with E-state index in [1.165, 1.54) is 12.1 Å². The Hall–Kier alpha value is -3.89. The van der Waals surface area contributed by atoms with Gasteiger partial charge in [-0.25, -0.2) is 9.97 Å². The Morgan fingerprint density at radius 3 is 2.37 bits per heavy atom. The molecule has 3 N–H and O–H groups in total. The fourth-order valence-corrected chi connectivity index (χ4v) is 5.42. The SMILES string of the molecule is O=C(NC1C[C@H]2CC[C@H](C1)N2C(=O)c1cccc2[nH]c(C(F)(F)F)nc12)c1nc2ccccc2[nH]1. The van der Waals surface area contributed by atoms with Gasteiger partial charge in [-0.3, -0.25) is 9.59 Å². The molecule has 2 amide bonds. The number of alkyl halides is 3. The van der Waals surface area contributed by atoms with Gasteiger partial charge in [0.2, 0.25) is 5.82 Å². The second-order valence-electron chi connectivity index (χ2n) is 9.13. The van der Waals surface area contributed by atoms with E-state index in [0.29, 0.717) is 18.4 Å². The molecule has 180 valence electrons. The van der Waals surface area contributed by atoms with Gasteiger partial charge >= 0.3 is 6.18 Å². The van der Waals surface area contributed by atoms with Gasteiger partial charge in [-0.2, -0.15) is 13.2 Å². The van der Waals surface area contributed by atoms with Gasteiger partial charge in [0, 0.05) is 18.1 Å². The summed E-state index contributed by atoms with van der Waals surface area (Å²) in [7, 11) is 0. The molecule has 8 nitrogen and oxygen atoms in total. The van der Waals surface area contributed by atoms with Crippen LogP contribution < -0.4 is 5.32 Å². The molecule has 2 aliphatic heterocycles. The Labute approximate surface area is 196 Å². The van der Waals surface area contributed by atoms with E-state index in [-0.39, 0.29) is 52.4 Å². The molecule has 0 saturated carbocycles. The third kappa shape index (κ3) is 3.71. The molecule has 2 aliphatic rings. The number of hydrogen-bond donors (Lipinski definition) is 3. The van der Waals surface area contributed by atoms with E-state index >= 15 is 0 Å². The first-order valence-electron chi connectivity index (χ1n) is 11.4. The van der Waals surface area contributed by atoms with E-state index in [1.54, 1.807) is 11.0 Å². The number of hydrogen-bond acceptors (Lipinski definition) is 4. The maximum absolute atomic E-state index is 13.5. The van der Waals surface area contributed by atoms with Crippen molar-refractivity contribution in [1.29, 1.82) is 0 Å². The molecular weight excluding hydrogens is 461 g/mol. The average Bonchev–Trinajstić information content (AvgIpc) is 3.52. The highest BCUT2D eigenvalue weighted by atomic mass is 19.4. The van der Waals surface area contributed by atoms with Crippen LogP contribution in [0.5, 0.6) is 0 Å². The average molecular weight is 482 g/mol. The number of para-hydroxylation sites is 3. The van der Waals surface area contributed by atoms with Crippen molar-refractivity contribution in [2.24, 2.45) is 0 Å². The number of nitrogens with one attached hydrogen (secondary N) is 3. The van der Waals surface area contributed by atoms with Crippen LogP contribution in [0.4, 0.5) is 13.2 Å². The minimum absolute atomic E-state index is 0.0181. The molecular formula is C24H21F3N6O2. The van der Waals surface area contributed by atoms with Crippen molar-refractivity contribution < 1.29 is 22.8 Å². The lowest BCUT2D eigenvalue weighted by atomic mass is 9.96. The minimum Gasteiger partial charge on any atom is -0.346 e. The lowest BCUT2D eigenvalue weighted by Crippen LogP contribution is -2.52. The Bertz CT molecular complexity index is 1410. The summed E-state index contributed by atoms with van der Waals surface area (Å²) in [5.41, 5.74) is 1.82. The Morgan fingerprint density at radius 2 is 1.66 bits per heavy atom. The third-order valence-corrected chi connectivity index (χ3v) is 6.92. The number of carbonyl (C=O) groups excluding carboxylic acids is 2. The summed E-state index contributed by atoms with van der Waals surface area (Å²) < 4.78 is 39.4. The smallest absolute Gasteiger partial charge is 0.346 e. The molecule has 0 aliphatic carbocycles. The topological polar surface area (TPSA) is 107 Å². The van der Waals surface area contributed by atoms with Gasteiger partial charge in [0.25, 0.3) is 11.8 Å². The highest BCUT2D eigenvalue weighted by Crippen LogP contribution is 2.38. The van der Waals surface area contributed by atoms with Gasteiger partial charge in [0.05, 0.1) is 22.1 Å². The first kappa shape index (κ1) is 21.6. The number of amides is 2. The van der Waals surface area contributed by atoms with Crippen molar-refractivity contribution in [2.45, 2.75) is 50.0 Å². The van der Waals surface area contributed by atoms with Crippen molar-refractivity contribution in [1.82, 2.24) is 30.2 Å². The Morgan fingerprint density at radius 1 is 0.943 bits per heavy atom. The van der Waals surface area contributed by atoms with Crippen molar-refractivity contribution in [3.8, 4) is 0 Å². The number of imidazole rings is 2. The van der Waals surface area contributed by atoms with E-state index < -0.39 is 12.0 Å². The molecule has 0 unspecified atom stereocenters. The van der Waals surface area contributed by atoms with E-state index in [4.69, 9.17) is 0 Å². The Kier molecular flexibility index (Phi) is 4.83. The van der Waals surface area contributed by atoms with Gasteiger partial charge in [-0.1, -0.05) is 18.2 Å². The van der Waals surface area contributed by atoms with E-state index in [1.807, 2.05) is 24.3 Å². The van der Waals surface area contributed by atoms with E-state index in [0.717, 1.165) is 18.4 Å². The van der Waals surface area contributed by atoms with Gasteiger partial charge in [0.15, 0.2) is 5.82 Å². The van der Waals surface area contributed by atoms with Crippen LogP contribution in [0.3, 0.4) is 0 Å². The monoisotopic (exact) mass is 482 g/mol. The number of nitrogens with zero attached hydrogens (tertiary/aromatic N) is 3. The van der Waals surface area contributed by atoms with Crippen molar-refractivity contribution in [2.75, 3.05) is 0 Å². The second-order valence-corrected chi connectivity index (χ2v) is 9.13. The minimum atomic E-state index is -4.63. The van der Waals surface area contributed by atoms with Gasteiger partial charge in [-0.15, -0.1) is 0 Å². The molecule has 2 fully saturated rings. The zero-order valence-corrected chi connectivity index (χ0v) is 18.4. The Balaban J connectivity index is 1.20. The molecule has 2 aromatic carbocycles. The first-order valence-corrected chi connectivity index (χ1v) is 11.4. The van der Waals surface area contributed by atoms with Crippen molar-refractivity contribution >= 4 is 33.9 Å². The predicted octanol–water partition coefficient (Wildman–Crippen LogP) is 4.02. The number of rotatable bonds is 3. The summed E-state index contributed by atoms with van der Waals surface area (Å²) in [6.07, 6.45) is -1.94. The number of fused-ring (bicyclic) bond motifs is 4. The number of carbonyl (C=O) groups is 2. The molecule has 35 heavy (non-hydrogen) atoms. The van der Waals surface area contributed by atoms with E-state index in [2.05, 4.69) is 25.3 Å². The first-order chi connectivity index (χ1) is 16.8. The summed E-state index contributed by atoms with van der Waals surface area (Å²) in [5, 5.41) is 3.03. The summed E-state index contributed by atoms with van der Waals surface area (Å²) >= 11 is 0. The predicted molar refractivity (Wildman–Crippen MR) is 121 cm³/mol. The summed E-state index contributed by atoms with van der Waals surface area (Å²) in [6.45, 7) is 0.